The summed E-state index contributed by atoms with van der Waals surface area (Å²) in [5.41, 5.74) is 1.06. The summed E-state index contributed by atoms with van der Waals surface area (Å²) in [6.45, 7) is 12.7. The Balaban J connectivity index is 3.16. The highest BCUT2D eigenvalue weighted by atomic mass is 15.2. The van der Waals surface area contributed by atoms with Crippen molar-refractivity contribution < 1.29 is 0 Å². The van der Waals surface area contributed by atoms with Crippen molar-refractivity contribution in [3.8, 4) is 6.07 Å². The summed E-state index contributed by atoms with van der Waals surface area (Å²) in [6.07, 6.45) is 1.86. The van der Waals surface area contributed by atoms with Gasteiger partial charge in [0.2, 0.25) is 0 Å². The van der Waals surface area contributed by atoms with E-state index in [1.54, 1.807) is 0 Å². The van der Waals surface area contributed by atoms with Gasteiger partial charge in [0.25, 0.3) is 0 Å². The first kappa shape index (κ1) is 17.2. The SMILES string of the molecule is CCCNc1nc(CC)nc(N(CC)CC(C)C#N)c1C. The number of nitriles is 1. The van der Waals surface area contributed by atoms with Crippen LogP contribution in [0.25, 0.3) is 0 Å². The van der Waals surface area contributed by atoms with Gasteiger partial charge in [-0.1, -0.05) is 13.8 Å². The molecule has 0 spiro atoms. The first-order valence-electron chi connectivity index (χ1n) is 7.83. The quantitative estimate of drug-likeness (QED) is 0.796. The number of hydrogen-bond donors (Lipinski definition) is 1. The Bertz CT molecular complexity index is 492. The minimum absolute atomic E-state index is 0.0172. The molecule has 1 aromatic heterocycles. The summed E-state index contributed by atoms with van der Waals surface area (Å²) in [5.74, 6) is 2.69. The highest BCUT2D eigenvalue weighted by Crippen LogP contribution is 2.24. The molecular formula is C16H27N5. The zero-order chi connectivity index (χ0) is 15.8. The maximum Gasteiger partial charge on any atom is 0.137 e. The van der Waals surface area contributed by atoms with E-state index >= 15 is 0 Å². The predicted molar refractivity (Wildman–Crippen MR) is 87.6 cm³/mol. The third-order valence-electron chi connectivity index (χ3n) is 3.42. The number of aromatic nitrogens is 2. The number of hydrogen-bond acceptors (Lipinski definition) is 5. The predicted octanol–water partition coefficient (Wildman–Crippen LogP) is 3.16. The van der Waals surface area contributed by atoms with Crippen molar-refractivity contribution in [1.82, 2.24) is 9.97 Å². The topological polar surface area (TPSA) is 64.8 Å². The lowest BCUT2D eigenvalue weighted by molar-refractivity contribution is 0.674. The monoisotopic (exact) mass is 289 g/mol. The van der Waals surface area contributed by atoms with Crippen molar-refractivity contribution in [2.75, 3.05) is 29.9 Å². The third-order valence-corrected chi connectivity index (χ3v) is 3.42. The van der Waals surface area contributed by atoms with Crippen molar-refractivity contribution >= 4 is 11.6 Å². The number of nitrogens with zero attached hydrogens (tertiary/aromatic N) is 4. The average Bonchev–Trinajstić information content (AvgIpc) is 2.51. The molecule has 0 bridgehead atoms. The Morgan fingerprint density at radius 3 is 2.52 bits per heavy atom. The van der Waals surface area contributed by atoms with E-state index in [2.05, 4.69) is 47.0 Å². The van der Waals surface area contributed by atoms with Gasteiger partial charge in [-0.2, -0.15) is 5.26 Å². The fraction of sp³-hybridized carbons (Fsp3) is 0.688. The van der Waals surface area contributed by atoms with Gasteiger partial charge in [-0.3, -0.25) is 0 Å². The van der Waals surface area contributed by atoms with Crippen LogP contribution in [0.2, 0.25) is 0 Å². The van der Waals surface area contributed by atoms with Gasteiger partial charge >= 0.3 is 0 Å². The number of nitrogens with one attached hydrogen (secondary N) is 1. The lowest BCUT2D eigenvalue weighted by Gasteiger charge is -2.26. The van der Waals surface area contributed by atoms with Crippen molar-refractivity contribution in [1.29, 1.82) is 5.26 Å². The fourth-order valence-electron chi connectivity index (χ4n) is 2.17. The standard InChI is InChI=1S/C16H27N5/c1-6-9-18-15-13(5)16(20-14(7-2)19-15)21(8-3)11-12(4)10-17/h12H,6-9,11H2,1-5H3,(H,18,19,20). The lowest BCUT2D eigenvalue weighted by atomic mass is 10.2. The van der Waals surface area contributed by atoms with E-state index in [-0.39, 0.29) is 5.92 Å². The number of rotatable bonds is 8. The van der Waals surface area contributed by atoms with Crippen molar-refractivity contribution in [3.63, 3.8) is 0 Å². The van der Waals surface area contributed by atoms with Crippen LogP contribution in [0.15, 0.2) is 0 Å². The van der Waals surface area contributed by atoms with E-state index in [0.29, 0.717) is 6.54 Å². The summed E-state index contributed by atoms with van der Waals surface area (Å²) >= 11 is 0. The van der Waals surface area contributed by atoms with E-state index in [1.807, 2.05) is 13.8 Å². The first-order chi connectivity index (χ1) is 10.1. The molecule has 0 saturated carbocycles. The van der Waals surface area contributed by atoms with E-state index in [4.69, 9.17) is 5.26 Å². The molecule has 1 rings (SSSR count). The third kappa shape index (κ3) is 4.59. The van der Waals surface area contributed by atoms with Crippen LogP contribution in [0.5, 0.6) is 0 Å². The van der Waals surface area contributed by atoms with Crippen molar-refractivity contribution in [2.24, 2.45) is 5.92 Å². The van der Waals surface area contributed by atoms with Gasteiger partial charge in [-0.25, -0.2) is 9.97 Å². The molecule has 1 atom stereocenters. The van der Waals surface area contributed by atoms with Gasteiger partial charge in [-0.05, 0) is 27.2 Å². The normalized spacial score (nSPS) is 11.8. The molecule has 116 valence electrons. The van der Waals surface area contributed by atoms with Crippen LogP contribution in [0, 0.1) is 24.2 Å². The van der Waals surface area contributed by atoms with E-state index in [1.165, 1.54) is 0 Å². The summed E-state index contributed by atoms with van der Waals surface area (Å²) in [6, 6.07) is 2.30. The van der Waals surface area contributed by atoms with Gasteiger partial charge < -0.3 is 10.2 Å². The van der Waals surface area contributed by atoms with Crippen molar-refractivity contribution in [3.05, 3.63) is 11.4 Å². The molecular weight excluding hydrogens is 262 g/mol. The molecule has 1 N–H and O–H groups in total. The summed E-state index contributed by atoms with van der Waals surface area (Å²) < 4.78 is 0. The Labute approximate surface area is 128 Å². The maximum atomic E-state index is 9.05. The molecule has 1 aromatic rings. The van der Waals surface area contributed by atoms with Crippen LogP contribution in [0.4, 0.5) is 11.6 Å². The maximum absolute atomic E-state index is 9.05. The minimum Gasteiger partial charge on any atom is -0.370 e. The average molecular weight is 289 g/mol. The second-order valence-electron chi connectivity index (χ2n) is 5.29. The molecule has 5 heteroatoms. The zero-order valence-electron chi connectivity index (χ0n) is 13.9. The highest BCUT2D eigenvalue weighted by molar-refractivity contribution is 5.58. The largest absolute Gasteiger partial charge is 0.370 e. The van der Waals surface area contributed by atoms with Crippen molar-refractivity contribution in [2.45, 2.75) is 47.5 Å². The van der Waals surface area contributed by atoms with Crippen LogP contribution in [-0.2, 0) is 6.42 Å². The molecule has 1 unspecified atom stereocenters. The summed E-state index contributed by atoms with van der Waals surface area (Å²) in [4.78, 5) is 11.4. The number of anilines is 2. The second-order valence-corrected chi connectivity index (χ2v) is 5.29. The summed E-state index contributed by atoms with van der Waals surface area (Å²) in [5, 5.41) is 12.4. The van der Waals surface area contributed by atoms with E-state index in [9.17, 15) is 0 Å². The zero-order valence-corrected chi connectivity index (χ0v) is 13.9. The van der Waals surface area contributed by atoms with Gasteiger partial charge in [0, 0.05) is 31.6 Å². The van der Waals surface area contributed by atoms with Crippen LogP contribution in [0.3, 0.4) is 0 Å². The molecule has 1 heterocycles. The molecule has 0 aliphatic carbocycles. The molecule has 0 aliphatic heterocycles. The molecule has 5 nitrogen and oxygen atoms in total. The Morgan fingerprint density at radius 2 is 2.00 bits per heavy atom. The van der Waals surface area contributed by atoms with E-state index in [0.717, 1.165) is 49.0 Å². The van der Waals surface area contributed by atoms with Gasteiger partial charge in [0.15, 0.2) is 0 Å². The van der Waals surface area contributed by atoms with Crippen LogP contribution < -0.4 is 10.2 Å². The van der Waals surface area contributed by atoms with Gasteiger partial charge in [0.1, 0.15) is 17.5 Å². The molecule has 0 amide bonds. The van der Waals surface area contributed by atoms with Crippen LogP contribution in [0.1, 0.15) is 45.5 Å². The Hall–Kier alpha value is -1.83. The van der Waals surface area contributed by atoms with Crippen LogP contribution in [-0.4, -0.2) is 29.6 Å². The molecule has 0 aliphatic rings. The van der Waals surface area contributed by atoms with Crippen LogP contribution >= 0.6 is 0 Å². The smallest absolute Gasteiger partial charge is 0.137 e. The molecule has 0 saturated heterocycles. The molecule has 0 aromatic carbocycles. The highest BCUT2D eigenvalue weighted by Gasteiger charge is 2.17. The van der Waals surface area contributed by atoms with Gasteiger partial charge in [0.05, 0.1) is 12.0 Å². The second kappa shape index (κ2) is 8.46. The fourth-order valence-corrected chi connectivity index (χ4v) is 2.17. The number of aryl methyl sites for hydroxylation is 1. The minimum atomic E-state index is -0.0172. The molecule has 0 radical (unpaired) electrons. The van der Waals surface area contributed by atoms with Gasteiger partial charge in [-0.15, -0.1) is 0 Å². The first-order valence-corrected chi connectivity index (χ1v) is 7.83. The summed E-state index contributed by atoms with van der Waals surface area (Å²) in [7, 11) is 0. The molecule has 0 fully saturated rings. The van der Waals surface area contributed by atoms with E-state index < -0.39 is 0 Å². The Kier molecular flexibility index (Phi) is 6.93. The Morgan fingerprint density at radius 1 is 1.29 bits per heavy atom. The lowest BCUT2D eigenvalue weighted by Crippen LogP contribution is -2.30. The molecule has 21 heavy (non-hydrogen) atoms.